The van der Waals surface area contributed by atoms with Gasteiger partial charge in [0.2, 0.25) is 0 Å². The highest BCUT2D eigenvalue weighted by atomic mass is 35.5. The van der Waals surface area contributed by atoms with Crippen LogP contribution in [-0.4, -0.2) is 27.0 Å². The van der Waals surface area contributed by atoms with Crippen LogP contribution in [0.4, 0.5) is 0 Å². The minimum atomic E-state index is -0.989. The zero-order valence-corrected chi connectivity index (χ0v) is 11.0. The van der Waals surface area contributed by atoms with Crippen molar-refractivity contribution in [3.05, 3.63) is 58.6 Å². The topological polar surface area (TPSA) is 92.2 Å². The normalized spacial score (nSPS) is 10.1. The first-order chi connectivity index (χ1) is 9.56. The minimum absolute atomic E-state index is 0.163. The number of amides is 1. The molecule has 0 aliphatic carbocycles. The van der Waals surface area contributed by atoms with Crippen molar-refractivity contribution < 1.29 is 14.7 Å². The highest BCUT2D eigenvalue weighted by Gasteiger charge is 2.08. The van der Waals surface area contributed by atoms with Gasteiger partial charge in [-0.3, -0.25) is 4.79 Å². The monoisotopic (exact) mass is 291 g/mol. The van der Waals surface area contributed by atoms with E-state index in [1.165, 1.54) is 24.5 Å². The summed E-state index contributed by atoms with van der Waals surface area (Å²) in [6, 6.07) is 6.23. The van der Waals surface area contributed by atoms with E-state index >= 15 is 0 Å². The van der Waals surface area contributed by atoms with Gasteiger partial charge in [0.25, 0.3) is 5.91 Å². The summed E-state index contributed by atoms with van der Waals surface area (Å²) in [4.78, 5) is 30.1. The fourth-order valence-electron chi connectivity index (χ4n) is 1.47. The van der Waals surface area contributed by atoms with Crippen molar-refractivity contribution in [1.29, 1.82) is 0 Å². The predicted octanol–water partition coefficient (Wildman–Crippen LogP) is 1.76. The third kappa shape index (κ3) is 3.52. The SMILES string of the molecule is O=C(O)c1ccc(CNC(=O)c2cnc(Cl)cn2)cc1. The Morgan fingerprint density at radius 3 is 2.40 bits per heavy atom. The van der Waals surface area contributed by atoms with E-state index in [1.54, 1.807) is 12.1 Å². The van der Waals surface area contributed by atoms with Crippen LogP contribution in [0.1, 0.15) is 26.4 Å². The molecule has 0 radical (unpaired) electrons. The number of carboxylic acids is 1. The number of benzene rings is 1. The average molecular weight is 292 g/mol. The van der Waals surface area contributed by atoms with Crippen LogP contribution < -0.4 is 5.32 Å². The van der Waals surface area contributed by atoms with Crippen LogP contribution in [0, 0.1) is 0 Å². The van der Waals surface area contributed by atoms with E-state index in [0.29, 0.717) is 0 Å². The number of hydrogen-bond acceptors (Lipinski definition) is 4. The molecule has 0 saturated carbocycles. The molecule has 2 rings (SSSR count). The van der Waals surface area contributed by atoms with Gasteiger partial charge in [0.15, 0.2) is 0 Å². The van der Waals surface area contributed by atoms with Crippen molar-refractivity contribution in [2.45, 2.75) is 6.54 Å². The zero-order chi connectivity index (χ0) is 14.5. The zero-order valence-electron chi connectivity index (χ0n) is 10.2. The van der Waals surface area contributed by atoms with Gasteiger partial charge in [0, 0.05) is 6.54 Å². The lowest BCUT2D eigenvalue weighted by atomic mass is 10.1. The van der Waals surface area contributed by atoms with E-state index < -0.39 is 5.97 Å². The maximum Gasteiger partial charge on any atom is 0.335 e. The number of rotatable bonds is 4. The summed E-state index contributed by atoms with van der Waals surface area (Å²) in [5.74, 6) is -1.37. The Morgan fingerprint density at radius 2 is 1.85 bits per heavy atom. The maximum absolute atomic E-state index is 11.8. The third-order valence-electron chi connectivity index (χ3n) is 2.51. The van der Waals surface area contributed by atoms with Gasteiger partial charge in [-0.15, -0.1) is 0 Å². The summed E-state index contributed by atoms with van der Waals surface area (Å²) in [6.45, 7) is 0.267. The second kappa shape index (κ2) is 6.12. The molecule has 0 fully saturated rings. The molecule has 0 spiro atoms. The molecule has 2 N–H and O–H groups in total. The van der Waals surface area contributed by atoms with E-state index in [9.17, 15) is 9.59 Å². The van der Waals surface area contributed by atoms with Crippen LogP contribution >= 0.6 is 11.6 Å². The van der Waals surface area contributed by atoms with Crippen LogP contribution in [0.5, 0.6) is 0 Å². The number of nitrogens with zero attached hydrogens (tertiary/aromatic N) is 2. The Balaban J connectivity index is 1.96. The quantitative estimate of drug-likeness (QED) is 0.895. The Morgan fingerprint density at radius 1 is 1.15 bits per heavy atom. The van der Waals surface area contributed by atoms with Crippen LogP contribution in [-0.2, 0) is 6.54 Å². The second-order valence-corrected chi connectivity index (χ2v) is 4.30. The van der Waals surface area contributed by atoms with Gasteiger partial charge in [-0.1, -0.05) is 23.7 Å². The minimum Gasteiger partial charge on any atom is -0.478 e. The summed E-state index contributed by atoms with van der Waals surface area (Å²) in [5, 5.41) is 11.6. The van der Waals surface area contributed by atoms with Crippen molar-refractivity contribution >= 4 is 23.5 Å². The lowest BCUT2D eigenvalue weighted by Gasteiger charge is -2.05. The number of nitrogens with one attached hydrogen (secondary N) is 1. The van der Waals surface area contributed by atoms with Gasteiger partial charge < -0.3 is 10.4 Å². The molecule has 6 nitrogen and oxygen atoms in total. The van der Waals surface area contributed by atoms with Crippen molar-refractivity contribution in [1.82, 2.24) is 15.3 Å². The van der Waals surface area contributed by atoms with Crippen molar-refractivity contribution in [2.75, 3.05) is 0 Å². The van der Waals surface area contributed by atoms with Crippen molar-refractivity contribution in [3.63, 3.8) is 0 Å². The average Bonchev–Trinajstić information content (AvgIpc) is 2.46. The van der Waals surface area contributed by atoms with E-state index in [2.05, 4.69) is 15.3 Å². The number of halogens is 1. The number of carboxylic acid groups (broad SMARTS) is 1. The molecular weight excluding hydrogens is 282 g/mol. The van der Waals surface area contributed by atoms with Crippen molar-refractivity contribution in [2.24, 2.45) is 0 Å². The molecule has 1 amide bonds. The number of aromatic carboxylic acids is 1. The molecule has 7 heteroatoms. The first-order valence-electron chi connectivity index (χ1n) is 5.64. The van der Waals surface area contributed by atoms with Crippen LogP contribution in [0.2, 0.25) is 5.15 Å². The number of carbonyl (C=O) groups is 2. The van der Waals surface area contributed by atoms with Gasteiger partial charge in [0.05, 0.1) is 18.0 Å². The van der Waals surface area contributed by atoms with E-state index in [-0.39, 0.29) is 28.9 Å². The van der Waals surface area contributed by atoms with Gasteiger partial charge in [-0.05, 0) is 17.7 Å². The van der Waals surface area contributed by atoms with E-state index in [4.69, 9.17) is 16.7 Å². The first-order valence-corrected chi connectivity index (χ1v) is 6.02. The molecule has 0 aliphatic heterocycles. The summed E-state index contributed by atoms with van der Waals surface area (Å²) in [5.41, 5.74) is 1.14. The smallest absolute Gasteiger partial charge is 0.335 e. The Hall–Kier alpha value is -2.47. The summed E-state index contributed by atoms with van der Waals surface area (Å²) < 4.78 is 0. The predicted molar refractivity (Wildman–Crippen MR) is 71.6 cm³/mol. The number of hydrogen-bond donors (Lipinski definition) is 2. The molecule has 1 aromatic carbocycles. The fraction of sp³-hybridized carbons (Fsp3) is 0.0769. The number of carbonyl (C=O) groups excluding carboxylic acids is 1. The third-order valence-corrected chi connectivity index (χ3v) is 2.70. The molecular formula is C13H10ClN3O3. The molecule has 1 heterocycles. The highest BCUT2D eigenvalue weighted by Crippen LogP contribution is 2.05. The standard InChI is InChI=1S/C13H10ClN3O3/c14-11-7-15-10(6-16-11)12(18)17-5-8-1-3-9(4-2-8)13(19)20/h1-4,6-7H,5H2,(H,17,18)(H,19,20). The van der Waals surface area contributed by atoms with Gasteiger partial charge >= 0.3 is 5.97 Å². The van der Waals surface area contributed by atoms with E-state index in [0.717, 1.165) is 5.56 Å². The molecule has 0 unspecified atom stereocenters. The molecule has 2 aromatic rings. The van der Waals surface area contributed by atoms with Gasteiger partial charge in [-0.25, -0.2) is 14.8 Å². The second-order valence-electron chi connectivity index (χ2n) is 3.91. The molecule has 1 aromatic heterocycles. The molecule has 0 bridgehead atoms. The van der Waals surface area contributed by atoms with Crippen LogP contribution in [0.25, 0.3) is 0 Å². The van der Waals surface area contributed by atoms with Crippen LogP contribution in [0.15, 0.2) is 36.7 Å². The number of aromatic nitrogens is 2. The van der Waals surface area contributed by atoms with Gasteiger partial charge in [0.1, 0.15) is 10.8 Å². The Labute approximate surface area is 119 Å². The highest BCUT2D eigenvalue weighted by molar-refractivity contribution is 6.29. The molecule has 0 aliphatic rings. The first kappa shape index (κ1) is 14.0. The largest absolute Gasteiger partial charge is 0.478 e. The molecule has 20 heavy (non-hydrogen) atoms. The maximum atomic E-state index is 11.8. The van der Waals surface area contributed by atoms with Crippen molar-refractivity contribution in [3.8, 4) is 0 Å². The Kier molecular flexibility index (Phi) is 4.27. The van der Waals surface area contributed by atoms with Crippen LogP contribution in [0.3, 0.4) is 0 Å². The molecule has 0 atom stereocenters. The van der Waals surface area contributed by atoms with Gasteiger partial charge in [-0.2, -0.15) is 0 Å². The molecule has 0 saturated heterocycles. The summed E-state index contributed by atoms with van der Waals surface area (Å²) >= 11 is 5.58. The summed E-state index contributed by atoms with van der Waals surface area (Å²) in [6.07, 6.45) is 2.57. The lowest BCUT2D eigenvalue weighted by molar-refractivity contribution is 0.0696. The Bertz CT molecular complexity index is 626. The fourth-order valence-corrected chi connectivity index (χ4v) is 1.57. The summed E-state index contributed by atoms with van der Waals surface area (Å²) in [7, 11) is 0. The lowest BCUT2D eigenvalue weighted by Crippen LogP contribution is -2.23. The molecule has 102 valence electrons. The van der Waals surface area contributed by atoms with E-state index in [1.807, 2.05) is 0 Å².